The second-order valence-corrected chi connectivity index (χ2v) is 7.63. The molecule has 7 heteroatoms. The second-order valence-electron chi connectivity index (χ2n) is 6.69. The number of nitrogens with zero attached hydrogens (tertiary/aromatic N) is 1. The molecule has 0 aromatic carbocycles. The van der Waals surface area contributed by atoms with Crippen LogP contribution in [0.1, 0.15) is 50.7 Å². The van der Waals surface area contributed by atoms with Crippen LogP contribution in [0.4, 0.5) is 0 Å². The summed E-state index contributed by atoms with van der Waals surface area (Å²) in [6, 6.07) is 0.207. The third kappa shape index (κ3) is 6.03. The number of nitrogens with one attached hydrogen (secondary N) is 1. The zero-order chi connectivity index (χ0) is 14.8. The number of halogens is 2. The van der Waals surface area contributed by atoms with E-state index in [1.165, 1.54) is 0 Å². The molecule has 1 heterocycles. The zero-order valence-electron chi connectivity index (χ0n) is 13.4. The van der Waals surface area contributed by atoms with Gasteiger partial charge in [0.25, 0.3) is 0 Å². The molecular formula is C15H27Cl2N3OS. The van der Waals surface area contributed by atoms with Crippen molar-refractivity contribution in [3.8, 4) is 0 Å². The summed E-state index contributed by atoms with van der Waals surface area (Å²) in [7, 11) is 0. The van der Waals surface area contributed by atoms with Gasteiger partial charge in [0.05, 0.1) is 10.7 Å². The quantitative estimate of drug-likeness (QED) is 0.858. The maximum absolute atomic E-state index is 12.0. The standard InChI is InChI=1S/C15H25N3OS.2ClH/c1-15(2,3)12-9-20-13(18-12)6-7-17-14(19)10-4-5-11(16)8-10;;/h9-11H,4-8,16H2,1-3H3,(H,17,19);2*1H. The minimum absolute atomic E-state index is 0. The van der Waals surface area contributed by atoms with Crippen molar-refractivity contribution in [1.29, 1.82) is 0 Å². The van der Waals surface area contributed by atoms with Gasteiger partial charge in [0.15, 0.2) is 0 Å². The van der Waals surface area contributed by atoms with Crippen molar-refractivity contribution in [1.82, 2.24) is 10.3 Å². The summed E-state index contributed by atoms with van der Waals surface area (Å²) in [6.07, 6.45) is 3.54. The number of nitrogens with two attached hydrogens (primary N) is 1. The van der Waals surface area contributed by atoms with Crippen LogP contribution in [0.25, 0.3) is 0 Å². The first-order valence-corrected chi connectivity index (χ1v) is 8.22. The van der Waals surface area contributed by atoms with Crippen LogP contribution in [0, 0.1) is 5.92 Å². The van der Waals surface area contributed by atoms with E-state index in [0.717, 1.165) is 36.4 Å². The molecule has 1 aliphatic carbocycles. The van der Waals surface area contributed by atoms with Gasteiger partial charge in [-0.2, -0.15) is 0 Å². The molecule has 2 atom stereocenters. The lowest BCUT2D eigenvalue weighted by molar-refractivity contribution is -0.124. The molecule has 0 radical (unpaired) electrons. The molecule has 22 heavy (non-hydrogen) atoms. The van der Waals surface area contributed by atoms with E-state index in [-0.39, 0.29) is 48.1 Å². The number of carbonyl (C=O) groups is 1. The molecule has 3 N–H and O–H groups in total. The normalized spacial score (nSPS) is 20.9. The molecule has 2 unspecified atom stereocenters. The Bertz CT molecular complexity index is 474. The first-order chi connectivity index (χ1) is 9.36. The van der Waals surface area contributed by atoms with Gasteiger partial charge < -0.3 is 11.1 Å². The van der Waals surface area contributed by atoms with Gasteiger partial charge in [-0.1, -0.05) is 20.8 Å². The maximum Gasteiger partial charge on any atom is 0.223 e. The summed E-state index contributed by atoms with van der Waals surface area (Å²) in [5.41, 5.74) is 7.06. The van der Waals surface area contributed by atoms with E-state index in [2.05, 4.69) is 36.5 Å². The Morgan fingerprint density at radius 1 is 1.41 bits per heavy atom. The van der Waals surface area contributed by atoms with Crippen molar-refractivity contribution in [3.05, 3.63) is 16.1 Å². The van der Waals surface area contributed by atoms with Crippen LogP contribution in [0.5, 0.6) is 0 Å². The average Bonchev–Trinajstić information content (AvgIpc) is 2.97. The molecule has 1 saturated carbocycles. The number of thiazole rings is 1. The molecule has 1 fully saturated rings. The van der Waals surface area contributed by atoms with Gasteiger partial charge in [0, 0.05) is 35.7 Å². The van der Waals surface area contributed by atoms with Crippen LogP contribution < -0.4 is 11.1 Å². The van der Waals surface area contributed by atoms with Crippen LogP contribution in [0.3, 0.4) is 0 Å². The summed E-state index contributed by atoms with van der Waals surface area (Å²) in [5, 5.41) is 6.23. The number of amides is 1. The molecule has 1 aliphatic rings. The van der Waals surface area contributed by atoms with Crippen LogP contribution in [-0.2, 0) is 16.6 Å². The van der Waals surface area contributed by atoms with E-state index in [1.807, 2.05) is 0 Å². The highest BCUT2D eigenvalue weighted by Gasteiger charge is 2.27. The minimum Gasteiger partial charge on any atom is -0.355 e. The van der Waals surface area contributed by atoms with Gasteiger partial charge in [-0.25, -0.2) is 4.98 Å². The third-order valence-electron chi connectivity index (χ3n) is 3.80. The third-order valence-corrected chi connectivity index (χ3v) is 4.71. The molecule has 4 nitrogen and oxygen atoms in total. The fraction of sp³-hybridized carbons (Fsp3) is 0.733. The largest absolute Gasteiger partial charge is 0.355 e. The molecular weight excluding hydrogens is 341 g/mol. The summed E-state index contributed by atoms with van der Waals surface area (Å²) in [5.74, 6) is 0.275. The van der Waals surface area contributed by atoms with E-state index in [4.69, 9.17) is 5.73 Å². The van der Waals surface area contributed by atoms with Crippen LogP contribution >= 0.6 is 36.2 Å². The van der Waals surface area contributed by atoms with Gasteiger partial charge in [-0.05, 0) is 19.3 Å². The Balaban J connectivity index is 0.00000220. The van der Waals surface area contributed by atoms with Gasteiger partial charge >= 0.3 is 0 Å². The van der Waals surface area contributed by atoms with Crippen molar-refractivity contribution in [2.75, 3.05) is 6.54 Å². The van der Waals surface area contributed by atoms with Crippen molar-refractivity contribution >= 4 is 42.1 Å². The minimum atomic E-state index is 0. The molecule has 0 saturated heterocycles. The zero-order valence-corrected chi connectivity index (χ0v) is 15.9. The number of hydrogen-bond acceptors (Lipinski definition) is 4. The monoisotopic (exact) mass is 367 g/mol. The number of carbonyl (C=O) groups excluding carboxylic acids is 1. The summed E-state index contributed by atoms with van der Waals surface area (Å²) in [4.78, 5) is 16.6. The maximum atomic E-state index is 12.0. The smallest absolute Gasteiger partial charge is 0.223 e. The highest BCUT2D eigenvalue weighted by Crippen LogP contribution is 2.25. The van der Waals surface area contributed by atoms with Crippen LogP contribution in [0.15, 0.2) is 5.38 Å². The second kappa shape index (κ2) is 9.06. The van der Waals surface area contributed by atoms with Gasteiger partial charge in [0.2, 0.25) is 5.91 Å². The molecule has 0 bridgehead atoms. The highest BCUT2D eigenvalue weighted by molar-refractivity contribution is 7.09. The van der Waals surface area contributed by atoms with Crippen molar-refractivity contribution in [2.24, 2.45) is 11.7 Å². The lowest BCUT2D eigenvalue weighted by Gasteiger charge is -2.14. The fourth-order valence-electron chi connectivity index (χ4n) is 2.46. The number of aromatic nitrogens is 1. The molecule has 2 rings (SSSR count). The molecule has 0 aliphatic heterocycles. The van der Waals surface area contributed by atoms with Gasteiger partial charge in [-0.3, -0.25) is 4.79 Å². The van der Waals surface area contributed by atoms with Crippen molar-refractivity contribution < 1.29 is 4.79 Å². The predicted molar refractivity (Wildman–Crippen MR) is 97.3 cm³/mol. The summed E-state index contributed by atoms with van der Waals surface area (Å²) >= 11 is 1.68. The first kappa shape index (κ1) is 21.6. The lowest BCUT2D eigenvalue weighted by atomic mass is 9.93. The molecule has 0 spiro atoms. The first-order valence-electron chi connectivity index (χ1n) is 7.34. The van der Waals surface area contributed by atoms with E-state index in [9.17, 15) is 4.79 Å². The molecule has 1 aromatic heterocycles. The van der Waals surface area contributed by atoms with Gasteiger partial charge in [-0.15, -0.1) is 36.2 Å². The van der Waals surface area contributed by atoms with Crippen molar-refractivity contribution in [2.45, 2.75) is 57.9 Å². The SMILES string of the molecule is CC(C)(C)c1csc(CCNC(=O)C2CCC(N)C2)n1.Cl.Cl. The predicted octanol–water partition coefficient (Wildman–Crippen LogP) is 3.07. The van der Waals surface area contributed by atoms with Crippen LogP contribution in [-0.4, -0.2) is 23.5 Å². The van der Waals surface area contributed by atoms with E-state index < -0.39 is 0 Å². The Morgan fingerprint density at radius 2 is 2.09 bits per heavy atom. The molecule has 128 valence electrons. The van der Waals surface area contributed by atoms with Crippen LogP contribution in [0.2, 0.25) is 0 Å². The number of rotatable bonds is 4. The average molecular weight is 368 g/mol. The molecule has 1 aromatic rings. The Morgan fingerprint density at radius 3 is 2.59 bits per heavy atom. The summed E-state index contributed by atoms with van der Waals surface area (Å²) < 4.78 is 0. The van der Waals surface area contributed by atoms with Gasteiger partial charge in [0.1, 0.15) is 0 Å². The Kier molecular flexibility index (Phi) is 8.91. The number of hydrogen-bond donors (Lipinski definition) is 2. The molecule has 1 amide bonds. The Labute approximate surface area is 149 Å². The van der Waals surface area contributed by atoms with E-state index >= 15 is 0 Å². The fourth-order valence-corrected chi connectivity index (χ4v) is 3.49. The Hall–Kier alpha value is -0.360. The van der Waals surface area contributed by atoms with E-state index in [1.54, 1.807) is 11.3 Å². The topological polar surface area (TPSA) is 68.0 Å². The lowest BCUT2D eigenvalue weighted by Crippen LogP contribution is -2.31. The van der Waals surface area contributed by atoms with Crippen molar-refractivity contribution in [3.63, 3.8) is 0 Å². The summed E-state index contributed by atoms with van der Waals surface area (Å²) in [6.45, 7) is 7.16. The highest BCUT2D eigenvalue weighted by atomic mass is 35.5. The van der Waals surface area contributed by atoms with E-state index in [0.29, 0.717) is 6.54 Å².